The summed E-state index contributed by atoms with van der Waals surface area (Å²) in [6.45, 7) is 2.02. The summed E-state index contributed by atoms with van der Waals surface area (Å²) >= 11 is 0. The number of nitro benzene ring substituents is 1. The second-order valence-electron chi connectivity index (χ2n) is 7.26. The zero-order chi connectivity index (χ0) is 22.0. The number of likely N-dealkylation sites (tertiary alicyclic amines) is 1. The van der Waals surface area contributed by atoms with E-state index in [4.69, 9.17) is 9.78 Å². The molecule has 3 aromatic rings. The van der Waals surface area contributed by atoms with Crippen molar-refractivity contribution in [3.63, 3.8) is 0 Å². The first-order chi connectivity index (χ1) is 14.9. The molecule has 158 valence electrons. The molecule has 2 aromatic heterocycles. The van der Waals surface area contributed by atoms with Crippen LogP contribution in [0.2, 0.25) is 0 Å². The maximum Gasteiger partial charge on any atom is 0.380 e. The number of nitro groups is 1. The zero-order valence-electron chi connectivity index (χ0n) is 16.6. The Morgan fingerprint density at radius 1 is 1.16 bits per heavy atom. The summed E-state index contributed by atoms with van der Waals surface area (Å²) in [4.78, 5) is 56.3. The van der Waals surface area contributed by atoms with Gasteiger partial charge >= 0.3 is 5.97 Å². The van der Waals surface area contributed by atoms with Gasteiger partial charge in [-0.2, -0.15) is 0 Å². The number of fused-ring (bicyclic) bond motifs is 1. The average molecular weight is 422 g/mol. The predicted molar refractivity (Wildman–Crippen MR) is 108 cm³/mol. The van der Waals surface area contributed by atoms with Crippen molar-refractivity contribution in [3.8, 4) is 5.75 Å². The van der Waals surface area contributed by atoms with Crippen LogP contribution in [-0.2, 0) is 9.68 Å². The van der Waals surface area contributed by atoms with Crippen LogP contribution in [0, 0.1) is 10.1 Å². The van der Waals surface area contributed by atoms with Crippen LogP contribution < -0.4 is 4.89 Å². The first-order valence-electron chi connectivity index (χ1n) is 9.55. The van der Waals surface area contributed by atoms with Gasteiger partial charge in [0.2, 0.25) is 5.75 Å². The summed E-state index contributed by atoms with van der Waals surface area (Å²) in [5.74, 6) is -0.986. The smallest absolute Gasteiger partial charge is 0.322 e. The molecule has 1 unspecified atom stereocenters. The lowest BCUT2D eigenvalue weighted by atomic mass is 9.98. The minimum atomic E-state index is -1.22. The molecule has 1 atom stereocenters. The lowest BCUT2D eigenvalue weighted by Gasteiger charge is -2.32. The van der Waals surface area contributed by atoms with Crippen LogP contribution in [0.15, 0.2) is 55.0 Å². The highest BCUT2D eigenvalue weighted by Crippen LogP contribution is 2.34. The van der Waals surface area contributed by atoms with Gasteiger partial charge in [-0.1, -0.05) is 0 Å². The minimum absolute atomic E-state index is 0.0585. The van der Waals surface area contributed by atoms with Crippen molar-refractivity contribution in [3.05, 3.63) is 70.7 Å². The van der Waals surface area contributed by atoms with Crippen LogP contribution >= 0.6 is 0 Å². The molecule has 0 spiro atoms. The highest BCUT2D eigenvalue weighted by atomic mass is 17.2. The quantitative estimate of drug-likeness (QED) is 0.349. The Hall–Kier alpha value is -4.08. The van der Waals surface area contributed by atoms with Crippen LogP contribution in [0.4, 0.5) is 5.69 Å². The molecule has 0 aliphatic carbocycles. The van der Waals surface area contributed by atoms with Crippen molar-refractivity contribution in [2.75, 3.05) is 6.54 Å². The summed E-state index contributed by atoms with van der Waals surface area (Å²) < 4.78 is 0. The Morgan fingerprint density at radius 2 is 1.94 bits per heavy atom. The Kier molecular flexibility index (Phi) is 5.20. The molecule has 1 saturated heterocycles. The molecule has 3 heterocycles. The second kappa shape index (κ2) is 7.98. The molecule has 1 aliphatic heterocycles. The molecule has 4 rings (SSSR count). The number of benzene rings is 1. The van der Waals surface area contributed by atoms with Gasteiger partial charge in [0.1, 0.15) is 11.1 Å². The van der Waals surface area contributed by atoms with Crippen molar-refractivity contribution in [1.82, 2.24) is 14.9 Å². The van der Waals surface area contributed by atoms with E-state index in [9.17, 15) is 19.7 Å². The van der Waals surface area contributed by atoms with Crippen LogP contribution in [0.1, 0.15) is 30.1 Å². The molecule has 0 bridgehead atoms. The summed E-state index contributed by atoms with van der Waals surface area (Å²) in [6, 6.07) is 8.83. The van der Waals surface area contributed by atoms with Gasteiger partial charge in [-0.15, -0.1) is 0 Å². The number of carbonyl (C=O) groups excluding carboxylic acids is 2. The lowest BCUT2D eigenvalue weighted by Crippen LogP contribution is -2.51. The zero-order valence-corrected chi connectivity index (χ0v) is 16.6. The van der Waals surface area contributed by atoms with E-state index in [1.807, 2.05) is 0 Å². The number of carbonyl (C=O) groups is 2. The van der Waals surface area contributed by atoms with Gasteiger partial charge in [0.05, 0.1) is 10.3 Å². The monoisotopic (exact) mass is 422 g/mol. The largest absolute Gasteiger partial charge is 0.380 e. The number of aromatic nitrogens is 2. The first kappa shape index (κ1) is 20.2. The summed E-state index contributed by atoms with van der Waals surface area (Å²) in [5, 5.41) is 11.5. The third-order valence-corrected chi connectivity index (χ3v) is 5.37. The van der Waals surface area contributed by atoms with Gasteiger partial charge in [0, 0.05) is 36.8 Å². The highest BCUT2D eigenvalue weighted by molar-refractivity contribution is 5.98. The average Bonchev–Trinajstić information content (AvgIpc) is 3.19. The van der Waals surface area contributed by atoms with E-state index >= 15 is 0 Å². The van der Waals surface area contributed by atoms with Gasteiger partial charge in [-0.3, -0.25) is 29.8 Å². The third-order valence-electron chi connectivity index (χ3n) is 5.37. The maximum atomic E-state index is 12.9. The van der Waals surface area contributed by atoms with Crippen LogP contribution in [0.5, 0.6) is 5.75 Å². The fourth-order valence-electron chi connectivity index (χ4n) is 3.68. The van der Waals surface area contributed by atoms with E-state index in [2.05, 4.69) is 9.97 Å². The Balaban J connectivity index is 1.55. The third kappa shape index (κ3) is 3.63. The molecule has 1 aromatic carbocycles. The molecule has 0 N–H and O–H groups in total. The number of pyridine rings is 2. The molecule has 0 saturated carbocycles. The van der Waals surface area contributed by atoms with Gasteiger partial charge in [-0.25, -0.2) is 9.68 Å². The molecule has 31 heavy (non-hydrogen) atoms. The number of non-ortho nitro benzene ring substituents is 1. The highest BCUT2D eigenvalue weighted by Gasteiger charge is 2.48. The summed E-state index contributed by atoms with van der Waals surface area (Å²) in [5.41, 5.74) is -0.753. The number of nitrogens with zero attached hydrogens (tertiary/aromatic N) is 4. The Bertz CT molecular complexity index is 1170. The topological polar surface area (TPSA) is 125 Å². The Morgan fingerprint density at radius 3 is 2.68 bits per heavy atom. The standard InChI is InChI=1S/C21H18N4O6/c1-21(9-3-13-24(21)19(26)14-7-11-22-12-8-14)20(27)31-30-17-6-5-16(25(28)29)15-4-2-10-23-18(15)17/h2,4-8,10-12H,3,9,13H2,1H3. The predicted octanol–water partition coefficient (Wildman–Crippen LogP) is 3.07. The second-order valence-corrected chi connectivity index (χ2v) is 7.26. The maximum absolute atomic E-state index is 12.9. The van der Waals surface area contributed by atoms with E-state index < -0.39 is 16.4 Å². The molecule has 1 amide bonds. The fourth-order valence-corrected chi connectivity index (χ4v) is 3.68. The first-order valence-corrected chi connectivity index (χ1v) is 9.55. The van der Waals surface area contributed by atoms with Gasteiger partial charge in [0.15, 0.2) is 0 Å². The molecule has 10 nitrogen and oxygen atoms in total. The SMILES string of the molecule is CC1(C(=O)OOc2ccc([N+](=O)[O-])c3cccnc23)CCCN1C(=O)c1ccncc1. The molecule has 10 heteroatoms. The van der Waals surface area contributed by atoms with Gasteiger partial charge in [-0.05, 0) is 50.1 Å². The number of hydrogen-bond acceptors (Lipinski definition) is 8. The number of hydrogen-bond donors (Lipinski definition) is 0. The van der Waals surface area contributed by atoms with Crippen LogP contribution in [0.3, 0.4) is 0 Å². The van der Waals surface area contributed by atoms with Crippen molar-refractivity contribution in [2.45, 2.75) is 25.3 Å². The molecular weight excluding hydrogens is 404 g/mol. The Labute approximate surface area is 176 Å². The van der Waals surface area contributed by atoms with Crippen molar-refractivity contribution in [2.24, 2.45) is 0 Å². The van der Waals surface area contributed by atoms with Crippen molar-refractivity contribution >= 4 is 28.5 Å². The van der Waals surface area contributed by atoms with E-state index in [-0.39, 0.29) is 28.2 Å². The number of rotatable bonds is 5. The van der Waals surface area contributed by atoms with Gasteiger partial charge < -0.3 is 4.90 Å². The molecule has 1 fully saturated rings. The van der Waals surface area contributed by atoms with Gasteiger partial charge in [0.25, 0.3) is 11.6 Å². The number of amides is 1. The van der Waals surface area contributed by atoms with E-state index in [1.54, 1.807) is 25.1 Å². The normalized spacial score (nSPS) is 18.0. The summed E-state index contributed by atoms with van der Waals surface area (Å²) in [6.07, 6.45) is 5.51. The van der Waals surface area contributed by atoms with E-state index in [0.717, 1.165) is 0 Å². The van der Waals surface area contributed by atoms with Crippen LogP contribution in [-0.4, -0.2) is 43.8 Å². The molecular formula is C21H18N4O6. The van der Waals surface area contributed by atoms with Crippen LogP contribution in [0.25, 0.3) is 10.9 Å². The lowest BCUT2D eigenvalue weighted by molar-refractivity contribution is -0.383. The fraction of sp³-hybridized carbons (Fsp3) is 0.238. The van der Waals surface area contributed by atoms with Crippen molar-refractivity contribution < 1.29 is 24.3 Å². The summed E-state index contributed by atoms with van der Waals surface area (Å²) in [7, 11) is 0. The van der Waals surface area contributed by atoms with E-state index in [0.29, 0.717) is 24.9 Å². The molecule has 0 radical (unpaired) electrons. The molecule has 1 aliphatic rings. The van der Waals surface area contributed by atoms with Crippen molar-refractivity contribution in [1.29, 1.82) is 0 Å². The minimum Gasteiger partial charge on any atom is -0.322 e. The van der Waals surface area contributed by atoms with E-state index in [1.165, 1.54) is 41.7 Å².